The fourth-order valence-corrected chi connectivity index (χ4v) is 3.72. The Morgan fingerprint density at radius 2 is 1.38 bits per heavy atom. The topological polar surface area (TPSA) is 0 Å². The second-order valence-corrected chi connectivity index (χ2v) is 15.3. The molecule has 0 unspecified atom stereocenters. The zero-order valence-corrected chi connectivity index (χ0v) is 14.2. The summed E-state index contributed by atoms with van der Waals surface area (Å²) < 4.78 is 0. The van der Waals surface area contributed by atoms with Crippen molar-refractivity contribution in [3.8, 4) is 11.1 Å². The fraction of sp³-hybridized carbons (Fsp3) is 0.538. The van der Waals surface area contributed by atoms with Crippen LogP contribution in [0.3, 0.4) is 0 Å². The molecule has 0 nitrogen and oxygen atoms in total. The Morgan fingerprint density at radius 3 is 1.50 bits per heavy atom. The van der Waals surface area contributed by atoms with E-state index < -0.39 is 16.1 Å². The summed E-state index contributed by atoms with van der Waals surface area (Å²) in [5.74, 6) is 0. The molecule has 0 bridgehead atoms. The van der Waals surface area contributed by atoms with Crippen LogP contribution in [-0.4, -0.2) is 16.1 Å². The third-order valence-corrected chi connectivity index (χ3v) is 3.40. The average molecular weight is 299 g/mol. The molecule has 0 saturated heterocycles. The molecule has 0 fully saturated rings. The van der Waals surface area contributed by atoms with E-state index in [1.54, 1.807) is 0 Å². The van der Waals surface area contributed by atoms with Crippen molar-refractivity contribution < 1.29 is 17.1 Å². The monoisotopic (exact) mass is 298 g/mol. The molecule has 1 aliphatic rings. The molecule has 1 aliphatic carbocycles. The van der Waals surface area contributed by atoms with Gasteiger partial charge < -0.3 is 0 Å². The van der Waals surface area contributed by atoms with Crippen LogP contribution >= 0.6 is 0 Å². The van der Waals surface area contributed by atoms with Crippen LogP contribution in [0.25, 0.3) is 0 Å². The molecule has 3 heteroatoms. The van der Waals surface area contributed by atoms with E-state index in [2.05, 4.69) is 62.5 Å². The SMILES string of the molecule is C[Si](C)(C)C#C[Si](C)(C)C.[C-]1=CC=CC1.[Cu+]. The number of hydrogen-bond acceptors (Lipinski definition) is 0. The van der Waals surface area contributed by atoms with Gasteiger partial charge in [-0.1, -0.05) is 39.3 Å². The molecule has 94 valence electrons. The quantitative estimate of drug-likeness (QED) is 0.360. The summed E-state index contributed by atoms with van der Waals surface area (Å²) >= 11 is 0. The van der Waals surface area contributed by atoms with Gasteiger partial charge in [-0.2, -0.15) is 6.08 Å². The first-order valence-electron chi connectivity index (χ1n) is 5.47. The van der Waals surface area contributed by atoms with Crippen LogP contribution in [0.15, 0.2) is 18.2 Å². The molecule has 16 heavy (non-hydrogen) atoms. The van der Waals surface area contributed by atoms with Crippen molar-refractivity contribution in [2.75, 3.05) is 0 Å². The molecular weight excluding hydrogens is 276 g/mol. The smallest absolute Gasteiger partial charge is 0.273 e. The summed E-state index contributed by atoms with van der Waals surface area (Å²) in [5, 5.41) is 0. The molecule has 0 heterocycles. The molecule has 0 spiro atoms. The molecule has 0 N–H and O–H groups in total. The van der Waals surface area contributed by atoms with Gasteiger partial charge in [-0.3, -0.25) is 6.08 Å². The van der Waals surface area contributed by atoms with E-state index in [1.165, 1.54) is 0 Å². The molecule has 0 aromatic carbocycles. The first kappa shape index (κ1) is 18.4. The average Bonchev–Trinajstić information content (AvgIpc) is 2.54. The van der Waals surface area contributed by atoms with E-state index >= 15 is 0 Å². The minimum absolute atomic E-state index is 0. The fourth-order valence-electron chi connectivity index (χ4n) is 0.715. The van der Waals surface area contributed by atoms with E-state index in [-0.39, 0.29) is 17.1 Å². The Kier molecular flexibility index (Phi) is 9.34. The summed E-state index contributed by atoms with van der Waals surface area (Å²) in [6.45, 7) is 13.8. The van der Waals surface area contributed by atoms with E-state index in [0.717, 1.165) is 6.42 Å². The number of allylic oxidation sites excluding steroid dienone is 4. The van der Waals surface area contributed by atoms with Gasteiger partial charge in [0.15, 0.2) is 0 Å². The minimum atomic E-state index is -1.09. The van der Waals surface area contributed by atoms with E-state index in [4.69, 9.17) is 0 Å². The van der Waals surface area contributed by atoms with Crippen molar-refractivity contribution in [2.45, 2.75) is 45.7 Å². The summed E-state index contributed by atoms with van der Waals surface area (Å²) in [5.41, 5.74) is 6.82. The maximum atomic E-state index is 3.41. The molecule has 1 rings (SSSR count). The van der Waals surface area contributed by atoms with Gasteiger partial charge in [-0.05, 0) is 0 Å². The first-order chi connectivity index (χ1) is 6.71. The maximum absolute atomic E-state index is 3.41. The molecule has 0 aromatic rings. The van der Waals surface area contributed by atoms with E-state index in [1.807, 2.05) is 12.2 Å². The third-order valence-electron chi connectivity index (χ3n) is 1.40. The van der Waals surface area contributed by atoms with Crippen molar-refractivity contribution in [2.24, 2.45) is 0 Å². The van der Waals surface area contributed by atoms with Crippen LogP contribution in [0, 0.1) is 17.2 Å². The van der Waals surface area contributed by atoms with Gasteiger partial charge in [0.25, 0.3) is 0 Å². The summed E-state index contributed by atoms with van der Waals surface area (Å²) in [4.78, 5) is 0. The van der Waals surface area contributed by atoms with Crippen LogP contribution in [0.4, 0.5) is 0 Å². The first-order valence-corrected chi connectivity index (χ1v) is 12.5. The van der Waals surface area contributed by atoms with Crippen LogP contribution in [0.2, 0.25) is 39.3 Å². The second kappa shape index (κ2) is 8.14. The summed E-state index contributed by atoms with van der Waals surface area (Å²) in [6, 6.07) is 0. The Balaban J connectivity index is 0. The predicted molar refractivity (Wildman–Crippen MR) is 76.0 cm³/mol. The molecule has 0 saturated carbocycles. The van der Waals surface area contributed by atoms with E-state index in [0.29, 0.717) is 0 Å². The van der Waals surface area contributed by atoms with E-state index in [9.17, 15) is 0 Å². The van der Waals surface area contributed by atoms with Crippen molar-refractivity contribution in [1.29, 1.82) is 0 Å². The van der Waals surface area contributed by atoms with Crippen molar-refractivity contribution >= 4 is 16.1 Å². The van der Waals surface area contributed by atoms with Crippen LogP contribution in [0.5, 0.6) is 0 Å². The Hall–Kier alpha value is -0.00675. The third kappa shape index (κ3) is 16.4. The van der Waals surface area contributed by atoms with Crippen LogP contribution in [-0.2, 0) is 17.1 Å². The van der Waals surface area contributed by atoms with Crippen LogP contribution in [0.1, 0.15) is 6.42 Å². The molecule has 0 radical (unpaired) electrons. The van der Waals surface area contributed by atoms with Crippen LogP contribution < -0.4 is 0 Å². The molecule has 0 aromatic heterocycles. The van der Waals surface area contributed by atoms with Gasteiger partial charge in [0.2, 0.25) is 0 Å². The predicted octanol–water partition coefficient (Wildman–Crippen LogP) is 4.05. The number of rotatable bonds is 0. The van der Waals surface area contributed by atoms with Crippen molar-refractivity contribution in [3.63, 3.8) is 0 Å². The molecule has 0 atom stereocenters. The normalized spacial score (nSPS) is 13.1. The van der Waals surface area contributed by atoms with Crippen molar-refractivity contribution in [1.82, 2.24) is 0 Å². The van der Waals surface area contributed by atoms with Gasteiger partial charge in [-0.15, -0.1) is 17.5 Å². The molecule has 0 amide bonds. The van der Waals surface area contributed by atoms with Gasteiger partial charge >= 0.3 is 17.1 Å². The maximum Gasteiger partial charge on any atom is 1.00 e. The van der Waals surface area contributed by atoms with Crippen molar-refractivity contribution in [3.05, 3.63) is 24.3 Å². The molecular formula is C13H23CuSi2. The van der Waals surface area contributed by atoms with Gasteiger partial charge in [0.05, 0.1) is 0 Å². The summed E-state index contributed by atoms with van der Waals surface area (Å²) in [6.07, 6.45) is 10.0. The minimum Gasteiger partial charge on any atom is -0.273 e. The standard InChI is InChI=1S/C8H18Si2.C5H5.Cu/c1-9(2,3)7-8-10(4,5)6;1-2-4-5-3-1;/h1-6H3;1-3H,4H2;/q;-1;+1. The van der Waals surface area contributed by atoms with Gasteiger partial charge in [0.1, 0.15) is 16.1 Å². The summed E-state index contributed by atoms with van der Waals surface area (Å²) in [7, 11) is -2.19. The van der Waals surface area contributed by atoms with Gasteiger partial charge in [0, 0.05) is 0 Å². The Bertz CT molecular complexity index is 265. The largest absolute Gasteiger partial charge is 1.00 e. The number of hydrogen-bond donors (Lipinski definition) is 0. The Morgan fingerprint density at radius 1 is 0.938 bits per heavy atom. The molecule has 0 aliphatic heterocycles. The zero-order chi connectivity index (χ0) is 11.9. The zero-order valence-electron chi connectivity index (χ0n) is 11.2. The van der Waals surface area contributed by atoms with Gasteiger partial charge in [-0.25, -0.2) is 12.2 Å². The second-order valence-electron chi connectivity index (χ2n) is 5.75. The Labute approximate surface area is 114 Å².